The molecule has 164 valence electrons. The van der Waals surface area contributed by atoms with E-state index in [1.165, 1.54) is 19.1 Å². The Morgan fingerprint density at radius 1 is 1.21 bits per heavy atom. The van der Waals surface area contributed by atoms with Crippen LogP contribution in [0.2, 0.25) is 0 Å². The highest BCUT2D eigenvalue weighted by atomic mass is 32.2. The Bertz CT molecular complexity index is 779. The molecule has 0 bridgehead atoms. The largest absolute Gasteiger partial charge is 0.490 e. The van der Waals surface area contributed by atoms with Gasteiger partial charge in [0.2, 0.25) is 10.0 Å². The number of likely N-dealkylation sites (tertiary alicyclic amines) is 1. The molecule has 2 saturated heterocycles. The second-order valence-corrected chi connectivity index (χ2v) is 9.58. The summed E-state index contributed by atoms with van der Waals surface area (Å²) in [5.41, 5.74) is 1.42. The molecule has 1 aromatic rings. The van der Waals surface area contributed by atoms with Gasteiger partial charge in [0.15, 0.2) is 0 Å². The Morgan fingerprint density at radius 2 is 1.83 bits per heavy atom. The molecule has 11 heteroatoms. The van der Waals surface area contributed by atoms with E-state index in [0.717, 1.165) is 38.2 Å². The van der Waals surface area contributed by atoms with Crippen LogP contribution in [0.5, 0.6) is 0 Å². The van der Waals surface area contributed by atoms with Gasteiger partial charge in [0.25, 0.3) is 0 Å². The second-order valence-electron chi connectivity index (χ2n) is 7.60. The van der Waals surface area contributed by atoms with Crippen LogP contribution in [-0.2, 0) is 21.4 Å². The molecule has 0 unspecified atom stereocenters. The van der Waals surface area contributed by atoms with E-state index in [9.17, 15) is 21.6 Å². The lowest BCUT2D eigenvalue weighted by Crippen LogP contribution is -2.50. The van der Waals surface area contributed by atoms with E-state index in [0.29, 0.717) is 18.5 Å². The third-order valence-electron chi connectivity index (χ3n) is 5.35. The summed E-state index contributed by atoms with van der Waals surface area (Å²) in [6, 6.07) is 6.06. The van der Waals surface area contributed by atoms with E-state index in [1.807, 2.05) is 18.3 Å². The SMILES string of the molecule is CS(=O)(=O)N1CCC2(CCCN(Cc3ccccn3)C2)CC1.O=C(O)C(F)(F)F. The predicted octanol–water partition coefficient (Wildman–Crippen LogP) is 2.35. The standard InChI is InChI=1S/C16H25N3O2S.C2HF3O2/c1-22(20,21)19-11-7-16(8-12-19)6-4-10-18(14-16)13-15-5-2-3-9-17-15;3-2(4,5)1(6)7/h2-3,5,9H,4,6-8,10-14H2,1H3;(H,6,7). The molecule has 2 fully saturated rings. The molecule has 0 radical (unpaired) electrons. The van der Waals surface area contributed by atoms with Crippen molar-refractivity contribution in [3.8, 4) is 0 Å². The zero-order chi connectivity index (χ0) is 21.7. The summed E-state index contributed by atoms with van der Waals surface area (Å²) in [5.74, 6) is -2.76. The van der Waals surface area contributed by atoms with Gasteiger partial charge in [-0.2, -0.15) is 13.2 Å². The highest BCUT2D eigenvalue weighted by Crippen LogP contribution is 2.40. The Balaban J connectivity index is 0.000000370. The minimum atomic E-state index is -5.08. The van der Waals surface area contributed by atoms with Crippen LogP contribution in [0.4, 0.5) is 13.2 Å². The number of carboxylic acid groups (broad SMARTS) is 1. The van der Waals surface area contributed by atoms with Crippen LogP contribution >= 0.6 is 0 Å². The number of sulfonamides is 1. The predicted molar refractivity (Wildman–Crippen MR) is 101 cm³/mol. The summed E-state index contributed by atoms with van der Waals surface area (Å²) in [6.45, 7) is 4.44. The van der Waals surface area contributed by atoms with Crippen molar-refractivity contribution in [2.45, 2.75) is 38.4 Å². The smallest absolute Gasteiger partial charge is 0.475 e. The Hall–Kier alpha value is -1.72. The number of hydrogen-bond acceptors (Lipinski definition) is 5. The number of carbonyl (C=O) groups is 1. The van der Waals surface area contributed by atoms with Gasteiger partial charge in [-0.3, -0.25) is 9.88 Å². The minimum absolute atomic E-state index is 0.300. The molecule has 1 aromatic heterocycles. The maximum atomic E-state index is 11.7. The van der Waals surface area contributed by atoms with E-state index < -0.39 is 22.2 Å². The number of hydrogen-bond donors (Lipinski definition) is 1. The highest BCUT2D eigenvalue weighted by Gasteiger charge is 2.40. The fourth-order valence-electron chi connectivity index (χ4n) is 3.87. The van der Waals surface area contributed by atoms with Gasteiger partial charge in [0.1, 0.15) is 0 Å². The summed E-state index contributed by atoms with van der Waals surface area (Å²) in [4.78, 5) is 15.8. The Morgan fingerprint density at radius 3 is 2.31 bits per heavy atom. The fraction of sp³-hybridized carbons (Fsp3) is 0.667. The lowest BCUT2D eigenvalue weighted by Gasteiger charge is -2.47. The number of piperidine rings is 2. The molecule has 3 rings (SSSR count). The van der Waals surface area contributed by atoms with Gasteiger partial charge in [-0.05, 0) is 49.8 Å². The van der Waals surface area contributed by atoms with Gasteiger partial charge in [0.05, 0.1) is 11.9 Å². The summed E-state index contributed by atoms with van der Waals surface area (Å²) in [6.07, 6.45) is 2.48. The molecule has 2 aliphatic rings. The van der Waals surface area contributed by atoms with E-state index in [1.54, 1.807) is 4.31 Å². The number of rotatable bonds is 3. The molecule has 0 aromatic carbocycles. The molecule has 0 atom stereocenters. The number of pyridine rings is 1. The van der Waals surface area contributed by atoms with E-state index in [4.69, 9.17) is 9.90 Å². The molecule has 0 amide bonds. The number of carboxylic acids is 1. The highest BCUT2D eigenvalue weighted by molar-refractivity contribution is 7.88. The lowest BCUT2D eigenvalue weighted by atomic mass is 9.73. The van der Waals surface area contributed by atoms with Crippen molar-refractivity contribution >= 4 is 16.0 Å². The maximum Gasteiger partial charge on any atom is 0.490 e. The van der Waals surface area contributed by atoms with Crippen molar-refractivity contribution in [3.63, 3.8) is 0 Å². The van der Waals surface area contributed by atoms with Crippen LogP contribution in [0, 0.1) is 5.41 Å². The molecule has 2 aliphatic heterocycles. The number of nitrogens with zero attached hydrogens (tertiary/aromatic N) is 3. The maximum absolute atomic E-state index is 11.7. The quantitative estimate of drug-likeness (QED) is 0.781. The molecular formula is C18H26F3N3O4S. The first kappa shape index (κ1) is 23.6. The van der Waals surface area contributed by atoms with Gasteiger partial charge < -0.3 is 5.11 Å². The third kappa shape index (κ3) is 7.23. The molecule has 1 N–H and O–H groups in total. The number of alkyl halides is 3. The van der Waals surface area contributed by atoms with Crippen LogP contribution in [0.25, 0.3) is 0 Å². The molecule has 0 saturated carbocycles. The van der Waals surface area contributed by atoms with Crippen LogP contribution < -0.4 is 0 Å². The van der Waals surface area contributed by atoms with Crippen molar-refractivity contribution in [2.75, 3.05) is 32.4 Å². The summed E-state index contributed by atoms with van der Waals surface area (Å²) in [7, 11) is -3.03. The average molecular weight is 437 g/mol. The molecule has 1 spiro atoms. The van der Waals surface area contributed by atoms with Crippen LogP contribution in [-0.4, -0.2) is 72.3 Å². The van der Waals surface area contributed by atoms with Gasteiger partial charge in [-0.1, -0.05) is 6.07 Å². The molecular weight excluding hydrogens is 411 g/mol. The van der Waals surface area contributed by atoms with Crippen molar-refractivity contribution in [1.82, 2.24) is 14.2 Å². The average Bonchev–Trinajstić information content (AvgIpc) is 2.62. The zero-order valence-electron chi connectivity index (χ0n) is 16.2. The summed E-state index contributed by atoms with van der Waals surface area (Å²) in [5, 5.41) is 7.12. The molecule has 7 nitrogen and oxygen atoms in total. The zero-order valence-corrected chi connectivity index (χ0v) is 17.0. The van der Waals surface area contributed by atoms with Crippen molar-refractivity contribution < 1.29 is 31.5 Å². The van der Waals surface area contributed by atoms with Gasteiger partial charge in [-0.15, -0.1) is 0 Å². The molecule has 0 aliphatic carbocycles. The fourth-order valence-corrected chi connectivity index (χ4v) is 4.71. The topological polar surface area (TPSA) is 90.8 Å². The minimum Gasteiger partial charge on any atom is -0.475 e. The van der Waals surface area contributed by atoms with Gasteiger partial charge in [-0.25, -0.2) is 17.5 Å². The van der Waals surface area contributed by atoms with Gasteiger partial charge >= 0.3 is 12.1 Å². The van der Waals surface area contributed by atoms with Crippen molar-refractivity contribution in [2.24, 2.45) is 5.41 Å². The first-order valence-electron chi connectivity index (χ1n) is 9.29. The van der Waals surface area contributed by atoms with E-state index >= 15 is 0 Å². The first-order valence-corrected chi connectivity index (χ1v) is 11.1. The lowest BCUT2D eigenvalue weighted by molar-refractivity contribution is -0.192. The molecule has 3 heterocycles. The number of aromatic nitrogens is 1. The normalized spacial score (nSPS) is 20.7. The van der Waals surface area contributed by atoms with E-state index in [-0.39, 0.29) is 0 Å². The van der Waals surface area contributed by atoms with E-state index in [2.05, 4.69) is 16.0 Å². The van der Waals surface area contributed by atoms with Crippen LogP contribution in [0.3, 0.4) is 0 Å². The molecule has 29 heavy (non-hydrogen) atoms. The van der Waals surface area contributed by atoms with Crippen LogP contribution in [0.15, 0.2) is 24.4 Å². The Labute approximate surface area is 168 Å². The monoisotopic (exact) mass is 437 g/mol. The van der Waals surface area contributed by atoms with Crippen molar-refractivity contribution in [3.05, 3.63) is 30.1 Å². The summed E-state index contributed by atoms with van der Waals surface area (Å²) >= 11 is 0. The van der Waals surface area contributed by atoms with Gasteiger partial charge in [0, 0.05) is 32.4 Å². The first-order chi connectivity index (χ1) is 13.4. The number of halogens is 3. The second kappa shape index (κ2) is 9.40. The Kier molecular flexibility index (Phi) is 7.63. The van der Waals surface area contributed by atoms with Crippen LogP contribution in [0.1, 0.15) is 31.4 Å². The summed E-state index contributed by atoms with van der Waals surface area (Å²) < 4.78 is 56.7. The number of aliphatic carboxylic acids is 1. The van der Waals surface area contributed by atoms with Crippen molar-refractivity contribution in [1.29, 1.82) is 0 Å². The third-order valence-corrected chi connectivity index (χ3v) is 6.65.